The Morgan fingerprint density at radius 3 is 1.81 bits per heavy atom. The van der Waals surface area contributed by atoms with Crippen LogP contribution in [0.5, 0.6) is 0 Å². The Hall–Kier alpha value is -0.730. The van der Waals surface area contributed by atoms with E-state index in [1.54, 1.807) is 0 Å². The maximum Gasteiger partial charge on any atom is 0.187 e. The normalized spacial score (nSPS) is 37.2. The highest BCUT2D eigenvalue weighted by Crippen LogP contribution is 2.30. The van der Waals surface area contributed by atoms with E-state index in [1.807, 2.05) is 0 Å². The summed E-state index contributed by atoms with van der Waals surface area (Å²) >= 11 is 0. The van der Waals surface area contributed by atoms with Crippen molar-refractivity contribution in [3.8, 4) is 0 Å². The molecule has 2 fully saturated rings. The SMILES string of the molecule is CCCCCCCCCCCC(=O)C[C@@H]1O[C@H](CO)[C@@H](O[C@@H]2O[C@H](CO)[C@@H](O)[C@H](O)[C@H]2O)[C@H](O)[C@H]1O. The number of ketones is 1. The van der Waals surface area contributed by atoms with E-state index in [1.165, 1.54) is 32.1 Å². The number of hydrogen-bond acceptors (Lipinski definition) is 11. The zero-order chi connectivity index (χ0) is 26.7. The Bertz CT molecular complexity index is 617. The van der Waals surface area contributed by atoms with Crippen LogP contribution in [0.2, 0.25) is 0 Å². The molecular formula is C25H46O11. The second-order valence-corrected chi connectivity index (χ2v) is 10.00. The van der Waals surface area contributed by atoms with E-state index in [4.69, 9.17) is 14.2 Å². The maximum atomic E-state index is 12.4. The molecule has 0 saturated carbocycles. The number of aliphatic hydroxyl groups is 7. The highest BCUT2D eigenvalue weighted by molar-refractivity contribution is 5.78. The molecule has 2 rings (SSSR count). The average molecular weight is 523 g/mol. The summed E-state index contributed by atoms with van der Waals surface area (Å²) in [6.45, 7) is 0.911. The van der Waals surface area contributed by atoms with Crippen molar-refractivity contribution in [2.45, 2.75) is 139 Å². The largest absolute Gasteiger partial charge is 0.394 e. The second-order valence-electron chi connectivity index (χ2n) is 10.00. The lowest BCUT2D eigenvalue weighted by atomic mass is 9.91. The summed E-state index contributed by atoms with van der Waals surface area (Å²) in [5.74, 6) is -0.112. The van der Waals surface area contributed by atoms with Gasteiger partial charge in [0, 0.05) is 12.8 Å². The Balaban J connectivity index is 1.81. The number of carbonyl (C=O) groups is 1. The number of carbonyl (C=O) groups excluding carboxylic acids is 1. The molecule has 2 saturated heterocycles. The topological polar surface area (TPSA) is 186 Å². The lowest BCUT2D eigenvalue weighted by Gasteiger charge is -2.46. The second kappa shape index (κ2) is 16.3. The first-order valence-corrected chi connectivity index (χ1v) is 13.3. The molecule has 11 heteroatoms. The van der Waals surface area contributed by atoms with E-state index in [2.05, 4.69) is 6.92 Å². The number of Topliss-reactive ketones (excluding diaryl/α,β-unsaturated/α-hetero) is 1. The molecule has 0 unspecified atom stereocenters. The number of ether oxygens (including phenoxy) is 3. The van der Waals surface area contributed by atoms with Crippen LogP contribution in [0.3, 0.4) is 0 Å². The number of unbranched alkanes of at least 4 members (excludes halogenated alkanes) is 8. The number of aliphatic hydroxyl groups excluding tert-OH is 7. The van der Waals surface area contributed by atoms with Crippen LogP contribution in [0.1, 0.15) is 77.6 Å². The average Bonchev–Trinajstić information content (AvgIpc) is 2.87. The van der Waals surface area contributed by atoms with Gasteiger partial charge in [-0.2, -0.15) is 0 Å². The van der Waals surface area contributed by atoms with Gasteiger partial charge in [-0.3, -0.25) is 4.79 Å². The van der Waals surface area contributed by atoms with Gasteiger partial charge in [0.2, 0.25) is 0 Å². The van der Waals surface area contributed by atoms with Gasteiger partial charge in [0.05, 0.1) is 19.3 Å². The van der Waals surface area contributed by atoms with Crippen molar-refractivity contribution >= 4 is 5.78 Å². The van der Waals surface area contributed by atoms with Crippen molar-refractivity contribution in [1.29, 1.82) is 0 Å². The molecule has 212 valence electrons. The molecule has 2 aliphatic rings. The van der Waals surface area contributed by atoms with Gasteiger partial charge in [0.25, 0.3) is 0 Å². The van der Waals surface area contributed by atoms with Crippen molar-refractivity contribution in [2.24, 2.45) is 0 Å². The van der Waals surface area contributed by atoms with Crippen molar-refractivity contribution < 1.29 is 54.8 Å². The molecule has 10 atom stereocenters. The third-order valence-corrected chi connectivity index (χ3v) is 7.09. The molecule has 0 spiro atoms. The summed E-state index contributed by atoms with van der Waals surface area (Å²) in [5.41, 5.74) is 0. The first-order valence-electron chi connectivity index (χ1n) is 13.3. The first kappa shape index (κ1) is 31.5. The molecule has 0 aromatic rings. The van der Waals surface area contributed by atoms with Crippen molar-refractivity contribution in [3.05, 3.63) is 0 Å². The molecule has 0 aliphatic carbocycles. The van der Waals surface area contributed by atoms with Gasteiger partial charge in [-0.1, -0.05) is 58.3 Å². The molecule has 0 radical (unpaired) electrons. The van der Waals surface area contributed by atoms with Crippen molar-refractivity contribution in [1.82, 2.24) is 0 Å². The fraction of sp³-hybridized carbons (Fsp3) is 0.960. The molecule has 0 amide bonds. The fourth-order valence-corrected chi connectivity index (χ4v) is 4.79. The van der Waals surface area contributed by atoms with Crippen LogP contribution >= 0.6 is 0 Å². The van der Waals surface area contributed by atoms with Crippen LogP contribution in [0.25, 0.3) is 0 Å². The van der Waals surface area contributed by atoms with Gasteiger partial charge < -0.3 is 50.0 Å². The van der Waals surface area contributed by atoms with E-state index in [0.29, 0.717) is 6.42 Å². The van der Waals surface area contributed by atoms with E-state index in [9.17, 15) is 40.5 Å². The van der Waals surface area contributed by atoms with E-state index >= 15 is 0 Å². The van der Waals surface area contributed by atoms with Crippen LogP contribution in [0.4, 0.5) is 0 Å². The lowest BCUT2D eigenvalue weighted by Crippen LogP contribution is -2.64. The zero-order valence-electron chi connectivity index (χ0n) is 21.2. The van der Waals surface area contributed by atoms with E-state index in [-0.39, 0.29) is 12.2 Å². The van der Waals surface area contributed by atoms with E-state index in [0.717, 1.165) is 25.7 Å². The minimum atomic E-state index is -1.72. The molecule has 36 heavy (non-hydrogen) atoms. The fourth-order valence-electron chi connectivity index (χ4n) is 4.79. The lowest BCUT2D eigenvalue weighted by molar-refractivity contribution is -0.341. The quantitative estimate of drug-likeness (QED) is 0.130. The summed E-state index contributed by atoms with van der Waals surface area (Å²) in [4.78, 5) is 12.4. The number of hydrogen-bond donors (Lipinski definition) is 7. The van der Waals surface area contributed by atoms with Gasteiger partial charge in [-0.05, 0) is 6.42 Å². The molecule has 2 heterocycles. The number of rotatable bonds is 16. The van der Waals surface area contributed by atoms with Crippen LogP contribution in [0, 0.1) is 0 Å². The van der Waals surface area contributed by atoms with Crippen LogP contribution in [-0.2, 0) is 19.0 Å². The Morgan fingerprint density at radius 2 is 1.22 bits per heavy atom. The molecule has 0 aromatic heterocycles. The molecular weight excluding hydrogens is 476 g/mol. The predicted octanol–water partition coefficient (Wildman–Crippen LogP) is -0.467. The van der Waals surface area contributed by atoms with Crippen molar-refractivity contribution in [3.63, 3.8) is 0 Å². The standard InChI is InChI=1S/C25H46O11/c1-2-3-4-5-6-7-8-9-10-11-15(28)12-16-19(29)22(32)24(18(14-27)34-16)36-25-23(33)21(31)20(30)17(13-26)35-25/h16-27,29-33H,2-14H2,1H3/t16-,17+,18+,19-,20+,21-,22+,23+,24+,25-/m0/s1. The third-order valence-electron chi connectivity index (χ3n) is 7.09. The molecule has 0 bridgehead atoms. The highest BCUT2D eigenvalue weighted by atomic mass is 16.7. The van der Waals surface area contributed by atoms with Crippen molar-refractivity contribution in [2.75, 3.05) is 13.2 Å². The summed E-state index contributed by atoms with van der Waals surface area (Å²) in [6.07, 6.45) is -4.08. The highest BCUT2D eigenvalue weighted by Gasteiger charge is 2.50. The molecule has 2 aliphatic heterocycles. The first-order chi connectivity index (χ1) is 17.2. The summed E-state index contributed by atoms with van der Waals surface area (Å²) in [6, 6.07) is 0. The summed E-state index contributed by atoms with van der Waals surface area (Å²) < 4.78 is 16.5. The van der Waals surface area contributed by atoms with E-state index < -0.39 is 74.4 Å². The van der Waals surface area contributed by atoms with Gasteiger partial charge in [-0.15, -0.1) is 0 Å². The van der Waals surface area contributed by atoms with Gasteiger partial charge in [-0.25, -0.2) is 0 Å². The third kappa shape index (κ3) is 8.93. The van der Waals surface area contributed by atoms with Gasteiger partial charge in [0.15, 0.2) is 6.29 Å². The Kier molecular flexibility index (Phi) is 14.2. The van der Waals surface area contributed by atoms with Crippen LogP contribution in [0.15, 0.2) is 0 Å². The minimum absolute atomic E-state index is 0.112. The Morgan fingerprint density at radius 1 is 0.667 bits per heavy atom. The maximum absolute atomic E-state index is 12.4. The van der Waals surface area contributed by atoms with Gasteiger partial charge in [0.1, 0.15) is 54.6 Å². The minimum Gasteiger partial charge on any atom is -0.394 e. The monoisotopic (exact) mass is 522 g/mol. The predicted molar refractivity (Wildman–Crippen MR) is 128 cm³/mol. The zero-order valence-corrected chi connectivity index (χ0v) is 21.2. The van der Waals surface area contributed by atoms with Crippen LogP contribution in [-0.4, -0.2) is 116 Å². The summed E-state index contributed by atoms with van der Waals surface area (Å²) in [5, 5.41) is 70.4. The van der Waals surface area contributed by atoms with Crippen LogP contribution < -0.4 is 0 Å². The molecule has 7 N–H and O–H groups in total. The molecule has 0 aromatic carbocycles. The smallest absolute Gasteiger partial charge is 0.187 e. The Labute approximate surface area is 213 Å². The van der Waals surface area contributed by atoms with Gasteiger partial charge >= 0.3 is 0 Å². The summed E-state index contributed by atoms with van der Waals surface area (Å²) in [7, 11) is 0. The molecule has 11 nitrogen and oxygen atoms in total.